The van der Waals surface area contributed by atoms with E-state index in [2.05, 4.69) is 20.8 Å². The average Bonchev–Trinajstić information content (AvgIpc) is 3.23. The summed E-state index contributed by atoms with van der Waals surface area (Å²) in [4.78, 5) is 14.5. The number of nitrogens with one attached hydrogen (secondary N) is 1. The molecular formula is C19H19FN6O2S. The lowest BCUT2D eigenvalue weighted by Crippen LogP contribution is -2.44. The number of carbonyl (C=O) groups excluding carboxylic acids is 1. The lowest BCUT2D eigenvalue weighted by atomic mass is 10.1. The van der Waals surface area contributed by atoms with E-state index in [1.807, 2.05) is 30.5 Å². The third-order valence-corrected chi connectivity index (χ3v) is 5.18. The first-order chi connectivity index (χ1) is 14.1. The van der Waals surface area contributed by atoms with Crippen LogP contribution in [0.5, 0.6) is 0 Å². The summed E-state index contributed by atoms with van der Waals surface area (Å²) in [5, 5.41) is 15.2. The van der Waals surface area contributed by atoms with Gasteiger partial charge in [-0.3, -0.25) is 0 Å². The lowest BCUT2D eigenvalue weighted by molar-refractivity contribution is -0.0135. The number of rotatable bonds is 4. The van der Waals surface area contributed by atoms with Crippen molar-refractivity contribution in [3.63, 3.8) is 0 Å². The molecule has 1 N–H and O–H groups in total. The maximum absolute atomic E-state index is 13.2. The Morgan fingerprint density at radius 1 is 1.28 bits per heavy atom. The summed E-state index contributed by atoms with van der Waals surface area (Å²) in [5.74, 6) is -0.300. The summed E-state index contributed by atoms with van der Waals surface area (Å²) in [6, 6.07) is 13.2. The predicted octanol–water partition coefficient (Wildman–Crippen LogP) is 3.13. The van der Waals surface area contributed by atoms with Gasteiger partial charge in [0.25, 0.3) is 0 Å². The highest BCUT2D eigenvalue weighted by Gasteiger charge is 2.25. The van der Waals surface area contributed by atoms with E-state index < -0.39 is 0 Å². The normalized spacial score (nSPS) is 16.6. The molecule has 0 aliphatic carbocycles. The van der Waals surface area contributed by atoms with Crippen LogP contribution in [-0.2, 0) is 4.74 Å². The highest BCUT2D eigenvalue weighted by atomic mass is 32.2. The summed E-state index contributed by atoms with van der Waals surface area (Å²) in [7, 11) is 0. The number of halogens is 1. The van der Waals surface area contributed by atoms with Gasteiger partial charge in [-0.05, 0) is 52.6 Å². The number of carbonyl (C=O) groups is 1. The molecule has 1 aliphatic rings. The van der Waals surface area contributed by atoms with Crippen molar-refractivity contribution < 1.29 is 13.9 Å². The lowest BCUT2D eigenvalue weighted by Gasteiger charge is -2.33. The maximum Gasteiger partial charge on any atom is 0.322 e. The van der Waals surface area contributed by atoms with Gasteiger partial charge < -0.3 is 15.0 Å². The molecule has 1 aliphatic heterocycles. The van der Waals surface area contributed by atoms with Crippen LogP contribution in [0.4, 0.5) is 14.9 Å². The Morgan fingerprint density at radius 2 is 2.10 bits per heavy atom. The first-order valence-corrected chi connectivity index (χ1v) is 10.2. The molecule has 3 aromatic rings. The summed E-state index contributed by atoms with van der Waals surface area (Å²) in [5.41, 5.74) is 2.23. The Hall–Kier alpha value is -2.98. The first-order valence-electron chi connectivity index (χ1n) is 9.00. The predicted molar refractivity (Wildman–Crippen MR) is 107 cm³/mol. The zero-order valence-electron chi connectivity index (χ0n) is 15.7. The first kappa shape index (κ1) is 19.3. The van der Waals surface area contributed by atoms with E-state index in [0.717, 1.165) is 11.3 Å². The molecule has 4 rings (SSSR count). The topological polar surface area (TPSA) is 85.2 Å². The van der Waals surface area contributed by atoms with E-state index in [1.54, 1.807) is 21.7 Å². The second-order valence-electron chi connectivity index (χ2n) is 6.41. The molecule has 8 nitrogen and oxygen atoms in total. The molecule has 1 fully saturated rings. The van der Waals surface area contributed by atoms with Crippen LogP contribution in [0.15, 0.2) is 53.7 Å². The molecule has 1 atom stereocenters. The zero-order valence-corrected chi connectivity index (χ0v) is 16.5. The monoisotopic (exact) mass is 414 g/mol. The standard InChI is InChI=1S/C19H19FN6O2S/c1-29-19-22-23-24-26(19)16-4-2-3-15(11-16)21-18(27)25-9-10-28-17(12-25)13-5-7-14(20)8-6-13/h2-8,11,17H,9-10,12H2,1H3,(H,21,27)/t17-/m1/s1. The van der Waals surface area contributed by atoms with Crippen LogP contribution < -0.4 is 5.32 Å². The summed E-state index contributed by atoms with van der Waals surface area (Å²) in [6.07, 6.45) is 1.61. The van der Waals surface area contributed by atoms with Gasteiger partial charge in [0.1, 0.15) is 11.9 Å². The van der Waals surface area contributed by atoms with E-state index in [1.165, 1.54) is 23.9 Å². The Balaban J connectivity index is 1.45. The van der Waals surface area contributed by atoms with Crippen molar-refractivity contribution in [2.75, 3.05) is 31.3 Å². The number of amides is 2. The van der Waals surface area contributed by atoms with Gasteiger partial charge in [0.2, 0.25) is 5.16 Å². The minimum absolute atomic E-state index is 0.223. The van der Waals surface area contributed by atoms with Crippen molar-refractivity contribution in [1.29, 1.82) is 0 Å². The second-order valence-corrected chi connectivity index (χ2v) is 7.19. The molecule has 29 heavy (non-hydrogen) atoms. The van der Waals surface area contributed by atoms with E-state index in [4.69, 9.17) is 4.74 Å². The molecular weight excluding hydrogens is 395 g/mol. The number of thioether (sulfide) groups is 1. The molecule has 150 valence electrons. The summed E-state index contributed by atoms with van der Waals surface area (Å²) < 4.78 is 20.5. The fraction of sp³-hybridized carbons (Fsp3) is 0.263. The van der Waals surface area contributed by atoms with Gasteiger partial charge in [-0.2, -0.15) is 4.68 Å². The number of morpholine rings is 1. The van der Waals surface area contributed by atoms with Gasteiger partial charge in [0, 0.05) is 12.2 Å². The molecule has 0 unspecified atom stereocenters. The van der Waals surface area contributed by atoms with Crippen LogP contribution in [0.1, 0.15) is 11.7 Å². The van der Waals surface area contributed by atoms with Crippen LogP contribution >= 0.6 is 11.8 Å². The van der Waals surface area contributed by atoms with Crippen LogP contribution in [0.2, 0.25) is 0 Å². The highest BCUT2D eigenvalue weighted by molar-refractivity contribution is 7.98. The Bertz CT molecular complexity index is 996. The van der Waals surface area contributed by atoms with Gasteiger partial charge in [-0.15, -0.1) is 5.10 Å². The minimum atomic E-state index is -0.300. The second kappa shape index (κ2) is 8.58. The van der Waals surface area contributed by atoms with Crippen molar-refractivity contribution in [3.05, 3.63) is 59.9 Å². The summed E-state index contributed by atoms with van der Waals surface area (Å²) >= 11 is 1.43. The number of ether oxygens (including phenoxy) is 1. The summed E-state index contributed by atoms with van der Waals surface area (Å²) in [6.45, 7) is 1.28. The molecule has 10 heteroatoms. The van der Waals surface area contributed by atoms with Crippen molar-refractivity contribution >= 4 is 23.5 Å². The van der Waals surface area contributed by atoms with Gasteiger partial charge in [0.05, 0.1) is 18.8 Å². The molecule has 2 heterocycles. The molecule has 1 saturated heterocycles. The molecule has 2 aromatic carbocycles. The van der Waals surface area contributed by atoms with E-state index in [0.29, 0.717) is 30.5 Å². The van der Waals surface area contributed by atoms with Crippen molar-refractivity contribution in [3.8, 4) is 5.69 Å². The Kier molecular flexibility index (Phi) is 5.72. The van der Waals surface area contributed by atoms with Crippen LogP contribution in [0, 0.1) is 5.82 Å². The fourth-order valence-corrected chi connectivity index (χ4v) is 3.53. The average molecular weight is 414 g/mol. The Morgan fingerprint density at radius 3 is 2.90 bits per heavy atom. The quantitative estimate of drug-likeness (QED) is 0.661. The Labute approximate surface area is 171 Å². The third-order valence-electron chi connectivity index (χ3n) is 4.56. The zero-order chi connectivity index (χ0) is 20.2. The smallest absolute Gasteiger partial charge is 0.322 e. The largest absolute Gasteiger partial charge is 0.370 e. The third kappa shape index (κ3) is 4.38. The number of urea groups is 1. The van der Waals surface area contributed by atoms with Crippen molar-refractivity contribution in [1.82, 2.24) is 25.1 Å². The molecule has 0 bridgehead atoms. The van der Waals surface area contributed by atoms with Gasteiger partial charge >= 0.3 is 6.03 Å². The molecule has 0 saturated carbocycles. The number of tetrazole rings is 1. The van der Waals surface area contributed by atoms with Crippen LogP contribution in [-0.4, -0.2) is 57.1 Å². The number of nitrogens with zero attached hydrogens (tertiary/aromatic N) is 5. The maximum atomic E-state index is 13.2. The van der Waals surface area contributed by atoms with Crippen LogP contribution in [0.3, 0.4) is 0 Å². The number of hydrogen-bond acceptors (Lipinski definition) is 6. The minimum Gasteiger partial charge on any atom is -0.370 e. The van der Waals surface area contributed by atoms with E-state index >= 15 is 0 Å². The molecule has 2 amide bonds. The van der Waals surface area contributed by atoms with Crippen LogP contribution in [0.25, 0.3) is 5.69 Å². The van der Waals surface area contributed by atoms with Crippen molar-refractivity contribution in [2.45, 2.75) is 11.3 Å². The highest BCUT2D eigenvalue weighted by Crippen LogP contribution is 2.24. The number of benzene rings is 2. The van der Waals surface area contributed by atoms with Gasteiger partial charge in [-0.25, -0.2) is 9.18 Å². The van der Waals surface area contributed by atoms with E-state index in [9.17, 15) is 9.18 Å². The van der Waals surface area contributed by atoms with Gasteiger partial charge in [0.15, 0.2) is 0 Å². The molecule has 0 spiro atoms. The molecule has 1 aromatic heterocycles. The van der Waals surface area contributed by atoms with Crippen molar-refractivity contribution in [2.24, 2.45) is 0 Å². The number of aromatic nitrogens is 4. The SMILES string of the molecule is CSc1nnnn1-c1cccc(NC(=O)N2CCO[C@@H](c3ccc(F)cc3)C2)c1. The molecule has 0 radical (unpaired) electrons. The fourth-order valence-electron chi connectivity index (χ4n) is 3.10. The number of anilines is 1. The van der Waals surface area contributed by atoms with Gasteiger partial charge in [-0.1, -0.05) is 30.0 Å². The number of hydrogen-bond donors (Lipinski definition) is 1. The van der Waals surface area contributed by atoms with E-state index in [-0.39, 0.29) is 18.0 Å².